The number of likely N-dealkylation sites (N-methyl/N-ethyl adjacent to an activating group) is 1. The Balaban J connectivity index is 1.57. The molecule has 3 atom stereocenters. The fourth-order valence-electron chi connectivity index (χ4n) is 5.48. The Morgan fingerprint density at radius 1 is 0.718 bits per heavy atom. The van der Waals surface area contributed by atoms with Gasteiger partial charge in [0.15, 0.2) is 0 Å². The number of hydrogen-bond donors (Lipinski definition) is 0. The fraction of sp³-hybridized carbons (Fsp3) is 0.235. The molecular formula is C34H35N3O2. The van der Waals surface area contributed by atoms with E-state index in [0.717, 1.165) is 22.3 Å². The van der Waals surface area contributed by atoms with Crippen LogP contribution in [0.1, 0.15) is 35.2 Å². The number of urea groups is 1. The first kappa shape index (κ1) is 26.4. The number of benzene rings is 4. The van der Waals surface area contributed by atoms with Crippen LogP contribution in [0, 0.1) is 0 Å². The van der Waals surface area contributed by atoms with Crippen LogP contribution in [0.25, 0.3) is 0 Å². The fourth-order valence-corrected chi connectivity index (χ4v) is 5.48. The maximum absolute atomic E-state index is 14.7. The molecule has 4 aromatic rings. The molecule has 0 unspecified atom stereocenters. The molecule has 4 aromatic carbocycles. The van der Waals surface area contributed by atoms with E-state index < -0.39 is 6.04 Å². The quantitative estimate of drug-likeness (QED) is 0.261. The van der Waals surface area contributed by atoms with Crippen LogP contribution < -0.4 is 0 Å². The molecule has 39 heavy (non-hydrogen) atoms. The van der Waals surface area contributed by atoms with Crippen molar-refractivity contribution in [2.45, 2.75) is 44.6 Å². The van der Waals surface area contributed by atoms with Crippen molar-refractivity contribution in [3.05, 3.63) is 144 Å². The van der Waals surface area contributed by atoms with Crippen molar-refractivity contribution >= 4 is 11.9 Å². The predicted octanol–water partition coefficient (Wildman–Crippen LogP) is 6.32. The Hall–Kier alpha value is -4.22. The van der Waals surface area contributed by atoms with Crippen molar-refractivity contribution < 1.29 is 9.59 Å². The van der Waals surface area contributed by atoms with E-state index in [1.54, 1.807) is 11.9 Å². The molecule has 0 bridgehead atoms. The normalized spacial score (nSPS) is 18.0. The minimum Gasteiger partial charge on any atom is -0.322 e. The van der Waals surface area contributed by atoms with E-state index >= 15 is 0 Å². The van der Waals surface area contributed by atoms with Crippen LogP contribution in [-0.4, -0.2) is 45.8 Å². The van der Waals surface area contributed by atoms with Gasteiger partial charge < -0.3 is 4.90 Å². The highest BCUT2D eigenvalue weighted by atomic mass is 16.2. The maximum Gasteiger partial charge on any atom is 0.327 e. The third-order valence-corrected chi connectivity index (χ3v) is 7.69. The van der Waals surface area contributed by atoms with Gasteiger partial charge in [-0.1, -0.05) is 121 Å². The molecule has 1 aliphatic rings. The first-order valence-electron chi connectivity index (χ1n) is 13.5. The van der Waals surface area contributed by atoms with E-state index in [1.807, 2.05) is 91.9 Å². The summed E-state index contributed by atoms with van der Waals surface area (Å²) in [6.07, 6.45) is 0.503. The van der Waals surface area contributed by atoms with Crippen LogP contribution in [0.2, 0.25) is 0 Å². The molecular weight excluding hydrogens is 482 g/mol. The minimum absolute atomic E-state index is 0.141. The second kappa shape index (κ2) is 12.1. The molecule has 5 heteroatoms. The van der Waals surface area contributed by atoms with Crippen molar-refractivity contribution in [3.63, 3.8) is 0 Å². The Kier molecular flexibility index (Phi) is 8.18. The topological polar surface area (TPSA) is 43.9 Å². The molecule has 3 amide bonds. The summed E-state index contributed by atoms with van der Waals surface area (Å²) < 4.78 is 0. The molecule has 0 spiro atoms. The lowest BCUT2D eigenvalue weighted by molar-refractivity contribution is -0.135. The van der Waals surface area contributed by atoms with Crippen LogP contribution in [0.5, 0.6) is 0 Å². The van der Waals surface area contributed by atoms with Gasteiger partial charge in [-0.25, -0.2) is 4.79 Å². The lowest BCUT2D eigenvalue weighted by Crippen LogP contribution is -2.51. The SMILES string of the molecule is C[C@H]1[C@@H](c2ccccc2)N(C(=O)[C@H](Cc2ccccc2)N(Cc2ccccc2)Cc2ccccc2)C(=O)N1C. The van der Waals surface area contributed by atoms with Crippen LogP contribution >= 0.6 is 0 Å². The maximum atomic E-state index is 14.7. The Labute approximate surface area is 231 Å². The first-order valence-corrected chi connectivity index (χ1v) is 13.5. The van der Waals surface area contributed by atoms with Gasteiger partial charge in [-0.05, 0) is 35.6 Å². The molecule has 0 aliphatic carbocycles. The zero-order valence-electron chi connectivity index (χ0n) is 22.6. The minimum atomic E-state index is -0.540. The monoisotopic (exact) mass is 517 g/mol. The predicted molar refractivity (Wildman–Crippen MR) is 155 cm³/mol. The molecule has 1 heterocycles. The van der Waals surface area contributed by atoms with E-state index in [9.17, 15) is 9.59 Å². The van der Waals surface area contributed by atoms with Gasteiger partial charge in [-0.15, -0.1) is 0 Å². The lowest BCUT2D eigenvalue weighted by Gasteiger charge is -2.35. The highest BCUT2D eigenvalue weighted by Gasteiger charge is 2.48. The van der Waals surface area contributed by atoms with E-state index in [1.165, 1.54) is 4.90 Å². The third-order valence-electron chi connectivity index (χ3n) is 7.69. The lowest BCUT2D eigenvalue weighted by atomic mass is 9.97. The van der Waals surface area contributed by atoms with Gasteiger partial charge in [0, 0.05) is 20.1 Å². The number of rotatable bonds is 9. The zero-order valence-corrected chi connectivity index (χ0v) is 22.6. The molecule has 1 aliphatic heterocycles. The second-order valence-electron chi connectivity index (χ2n) is 10.3. The summed E-state index contributed by atoms with van der Waals surface area (Å²) in [5.74, 6) is -0.166. The molecule has 1 saturated heterocycles. The van der Waals surface area contributed by atoms with Crippen molar-refractivity contribution in [1.29, 1.82) is 0 Å². The number of carbonyl (C=O) groups is 2. The van der Waals surface area contributed by atoms with Crippen LogP contribution in [-0.2, 0) is 24.3 Å². The zero-order chi connectivity index (χ0) is 27.2. The van der Waals surface area contributed by atoms with E-state index in [4.69, 9.17) is 0 Å². The largest absolute Gasteiger partial charge is 0.327 e. The molecule has 5 rings (SSSR count). The molecule has 5 nitrogen and oxygen atoms in total. The van der Waals surface area contributed by atoms with Gasteiger partial charge in [0.25, 0.3) is 0 Å². The smallest absolute Gasteiger partial charge is 0.322 e. The number of amides is 3. The van der Waals surface area contributed by atoms with Crippen molar-refractivity contribution in [2.75, 3.05) is 7.05 Å². The summed E-state index contributed by atoms with van der Waals surface area (Å²) in [6.45, 7) is 3.19. The van der Waals surface area contributed by atoms with E-state index in [0.29, 0.717) is 19.5 Å². The summed E-state index contributed by atoms with van der Waals surface area (Å²) in [4.78, 5) is 33.8. The van der Waals surface area contributed by atoms with Gasteiger partial charge in [-0.2, -0.15) is 0 Å². The van der Waals surface area contributed by atoms with Crippen molar-refractivity contribution in [1.82, 2.24) is 14.7 Å². The molecule has 0 saturated carbocycles. The van der Waals surface area contributed by atoms with Gasteiger partial charge in [0.1, 0.15) is 0 Å². The molecule has 0 N–H and O–H groups in total. The highest BCUT2D eigenvalue weighted by molar-refractivity contribution is 5.99. The molecule has 0 radical (unpaired) electrons. The summed E-state index contributed by atoms with van der Waals surface area (Å²) in [6, 6.07) is 39.2. The van der Waals surface area contributed by atoms with Gasteiger partial charge in [0.2, 0.25) is 5.91 Å². The van der Waals surface area contributed by atoms with E-state index in [2.05, 4.69) is 41.3 Å². The standard InChI is InChI=1S/C34H35N3O2/c1-26-32(30-21-13-6-14-22-30)37(34(39)35(26)2)33(38)31(23-27-15-7-3-8-16-27)36(24-28-17-9-4-10-18-28)25-29-19-11-5-12-20-29/h3-22,26,31-32H,23-25H2,1-2H3/t26-,31-,32-/m0/s1. The van der Waals surface area contributed by atoms with Crippen molar-refractivity contribution in [2.24, 2.45) is 0 Å². The van der Waals surface area contributed by atoms with Crippen molar-refractivity contribution in [3.8, 4) is 0 Å². The second-order valence-corrected chi connectivity index (χ2v) is 10.3. The molecule has 198 valence electrons. The number of hydrogen-bond acceptors (Lipinski definition) is 3. The number of nitrogens with zero attached hydrogens (tertiary/aromatic N) is 3. The summed E-state index contributed by atoms with van der Waals surface area (Å²) >= 11 is 0. The summed E-state index contributed by atoms with van der Waals surface area (Å²) in [7, 11) is 1.79. The average Bonchev–Trinajstić information content (AvgIpc) is 3.21. The molecule has 0 aromatic heterocycles. The Morgan fingerprint density at radius 2 is 1.15 bits per heavy atom. The third kappa shape index (κ3) is 5.94. The van der Waals surface area contributed by atoms with Crippen LogP contribution in [0.15, 0.2) is 121 Å². The number of imide groups is 1. The summed E-state index contributed by atoms with van der Waals surface area (Å²) in [5, 5.41) is 0. The van der Waals surface area contributed by atoms with Crippen LogP contribution in [0.3, 0.4) is 0 Å². The average molecular weight is 518 g/mol. The van der Waals surface area contributed by atoms with Gasteiger partial charge in [0.05, 0.1) is 18.1 Å². The van der Waals surface area contributed by atoms with E-state index in [-0.39, 0.29) is 24.0 Å². The summed E-state index contributed by atoms with van der Waals surface area (Å²) in [5.41, 5.74) is 4.27. The molecule has 1 fully saturated rings. The first-order chi connectivity index (χ1) is 19.0. The van der Waals surface area contributed by atoms with Gasteiger partial charge >= 0.3 is 6.03 Å². The Morgan fingerprint density at radius 3 is 1.64 bits per heavy atom. The van der Waals surface area contributed by atoms with Crippen LogP contribution in [0.4, 0.5) is 4.79 Å². The number of carbonyl (C=O) groups excluding carboxylic acids is 2. The highest BCUT2D eigenvalue weighted by Crippen LogP contribution is 2.36. The van der Waals surface area contributed by atoms with Gasteiger partial charge in [-0.3, -0.25) is 14.6 Å². The Bertz CT molecular complexity index is 1320.